The van der Waals surface area contributed by atoms with Gasteiger partial charge >= 0.3 is 0 Å². The lowest BCUT2D eigenvalue weighted by Gasteiger charge is -2.16. The molecule has 118 valence electrons. The lowest BCUT2D eigenvalue weighted by Crippen LogP contribution is -2.31. The molecule has 1 amide bonds. The summed E-state index contributed by atoms with van der Waals surface area (Å²) in [5, 5.41) is 2.91. The molecule has 1 N–H and O–H groups in total. The minimum atomic E-state index is -0.110. The van der Waals surface area contributed by atoms with E-state index in [4.69, 9.17) is 9.47 Å². The Balaban J connectivity index is 1.49. The van der Waals surface area contributed by atoms with Crippen LogP contribution in [0.5, 0.6) is 5.75 Å². The third-order valence-electron chi connectivity index (χ3n) is 3.58. The predicted octanol–water partition coefficient (Wildman–Crippen LogP) is 2.71. The van der Waals surface area contributed by atoms with E-state index in [0.29, 0.717) is 19.0 Å². The van der Waals surface area contributed by atoms with Crippen LogP contribution in [0.2, 0.25) is 0 Å². The molecule has 4 heteroatoms. The Labute approximate surface area is 135 Å². The maximum Gasteiger partial charge on any atom is 0.248 e. The highest BCUT2D eigenvalue weighted by molar-refractivity contribution is 5.91. The average molecular weight is 309 g/mol. The third kappa shape index (κ3) is 4.36. The number of para-hydroxylation sites is 1. The summed E-state index contributed by atoms with van der Waals surface area (Å²) < 4.78 is 11.3. The quantitative estimate of drug-likeness (QED) is 0.800. The van der Waals surface area contributed by atoms with E-state index in [9.17, 15) is 4.79 Å². The second-order valence-electron chi connectivity index (χ2n) is 5.31. The van der Waals surface area contributed by atoms with Crippen molar-refractivity contribution in [3.05, 3.63) is 78.1 Å². The van der Waals surface area contributed by atoms with Crippen LogP contribution < -0.4 is 10.1 Å². The number of nitrogens with one attached hydrogen (secondary N) is 1. The molecule has 1 heterocycles. The Hall–Kier alpha value is -2.75. The summed E-state index contributed by atoms with van der Waals surface area (Å²) in [5.41, 5.74) is 1.16. The number of benzene rings is 2. The fourth-order valence-electron chi connectivity index (χ4n) is 2.49. The molecule has 0 aliphatic carbocycles. The molecule has 2 aromatic rings. The number of carbonyl (C=O) groups is 1. The molecule has 1 unspecified atom stereocenters. The highest BCUT2D eigenvalue weighted by Crippen LogP contribution is 2.16. The van der Waals surface area contributed by atoms with Crippen molar-refractivity contribution in [1.82, 2.24) is 5.32 Å². The van der Waals surface area contributed by atoms with E-state index in [1.807, 2.05) is 60.7 Å². The summed E-state index contributed by atoms with van der Waals surface area (Å²) in [5.74, 6) is 1.38. The van der Waals surface area contributed by atoms with Gasteiger partial charge in [0, 0.05) is 6.08 Å². The number of hydrogen-bond acceptors (Lipinski definition) is 3. The first-order valence-corrected chi connectivity index (χ1v) is 7.68. The van der Waals surface area contributed by atoms with E-state index in [-0.39, 0.29) is 11.9 Å². The van der Waals surface area contributed by atoms with Crippen LogP contribution in [0.15, 0.2) is 72.5 Å². The Morgan fingerprint density at radius 3 is 2.26 bits per heavy atom. The van der Waals surface area contributed by atoms with Crippen molar-refractivity contribution in [2.75, 3.05) is 13.2 Å². The first-order chi connectivity index (χ1) is 11.3. The molecular formula is C19H19NO3. The standard InChI is InChI=1S/C19H19NO3/c21-19-14-18(17(20-19)13-15-7-3-1-4-8-15)23-12-11-22-16-9-5-2-6-10-16/h1-10,14,17H,11-13H2,(H,20,21). The fraction of sp³-hybridized carbons (Fsp3) is 0.211. The molecule has 0 bridgehead atoms. The summed E-state index contributed by atoms with van der Waals surface area (Å²) in [6, 6.07) is 19.5. The SMILES string of the molecule is O=C1C=C(OCCOc2ccccc2)C(Cc2ccccc2)N1. The molecule has 4 nitrogen and oxygen atoms in total. The van der Waals surface area contributed by atoms with Gasteiger partial charge in [0.2, 0.25) is 5.91 Å². The molecule has 0 aromatic heterocycles. The van der Waals surface area contributed by atoms with Crippen molar-refractivity contribution in [3.63, 3.8) is 0 Å². The summed E-state index contributed by atoms with van der Waals surface area (Å²) in [6.45, 7) is 0.842. The zero-order valence-electron chi connectivity index (χ0n) is 12.8. The van der Waals surface area contributed by atoms with Crippen LogP contribution in [0.1, 0.15) is 5.56 Å². The predicted molar refractivity (Wildman–Crippen MR) is 88.0 cm³/mol. The highest BCUT2D eigenvalue weighted by Gasteiger charge is 2.25. The van der Waals surface area contributed by atoms with Gasteiger partial charge in [0.25, 0.3) is 0 Å². The van der Waals surface area contributed by atoms with Gasteiger partial charge in [-0.1, -0.05) is 48.5 Å². The van der Waals surface area contributed by atoms with E-state index in [1.54, 1.807) is 0 Å². The molecule has 1 atom stereocenters. The topological polar surface area (TPSA) is 47.6 Å². The second-order valence-corrected chi connectivity index (χ2v) is 5.31. The molecule has 0 saturated heterocycles. The lowest BCUT2D eigenvalue weighted by atomic mass is 10.1. The van der Waals surface area contributed by atoms with E-state index in [1.165, 1.54) is 6.08 Å². The normalized spacial score (nSPS) is 16.6. The summed E-state index contributed by atoms with van der Waals surface area (Å²) in [6.07, 6.45) is 2.24. The number of amides is 1. The van der Waals surface area contributed by atoms with Gasteiger partial charge in [-0.3, -0.25) is 4.79 Å². The monoisotopic (exact) mass is 309 g/mol. The van der Waals surface area contributed by atoms with Crippen LogP contribution in [-0.4, -0.2) is 25.2 Å². The fourth-order valence-corrected chi connectivity index (χ4v) is 2.49. The highest BCUT2D eigenvalue weighted by atomic mass is 16.5. The van der Waals surface area contributed by atoms with Crippen molar-refractivity contribution >= 4 is 5.91 Å². The Morgan fingerprint density at radius 1 is 0.870 bits per heavy atom. The van der Waals surface area contributed by atoms with Crippen molar-refractivity contribution in [2.24, 2.45) is 0 Å². The Bertz CT molecular complexity index is 668. The zero-order chi connectivity index (χ0) is 15.9. The van der Waals surface area contributed by atoms with Gasteiger partial charge < -0.3 is 14.8 Å². The molecule has 3 rings (SSSR count). The van der Waals surface area contributed by atoms with Crippen molar-refractivity contribution < 1.29 is 14.3 Å². The van der Waals surface area contributed by atoms with Gasteiger partial charge in [0.15, 0.2) is 0 Å². The van der Waals surface area contributed by atoms with Gasteiger partial charge in [0.1, 0.15) is 24.7 Å². The van der Waals surface area contributed by atoms with Crippen LogP contribution in [-0.2, 0) is 16.0 Å². The summed E-state index contributed by atoms with van der Waals surface area (Å²) in [4.78, 5) is 11.6. The Morgan fingerprint density at radius 2 is 1.52 bits per heavy atom. The van der Waals surface area contributed by atoms with Crippen molar-refractivity contribution in [1.29, 1.82) is 0 Å². The zero-order valence-corrected chi connectivity index (χ0v) is 12.8. The molecule has 2 aromatic carbocycles. The third-order valence-corrected chi connectivity index (χ3v) is 3.58. The number of carbonyl (C=O) groups excluding carboxylic acids is 1. The Kier molecular flexibility index (Phi) is 4.94. The van der Waals surface area contributed by atoms with Gasteiger partial charge in [-0.2, -0.15) is 0 Å². The maximum atomic E-state index is 11.6. The van der Waals surface area contributed by atoms with Gasteiger partial charge in [-0.25, -0.2) is 0 Å². The minimum Gasteiger partial charge on any atom is -0.492 e. The van der Waals surface area contributed by atoms with Crippen molar-refractivity contribution in [3.8, 4) is 5.75 Å². The van der Waals surface area contributed by atoms with Gasteiger partial charge in [-0.15, -0.1) is 0 Å². The van der Waals surface area contributed by atoms with Gasteiger partial charge in [-0.05, 0) is 24.1 Å². The van der Waals surface area contributed by atoms with E-state index in [2.05, 4.69) is 5.32 Å². The lowest BCUT2D eigenvalue weighted by molar-refractivity contribution is -0.116. The van der Waals surface area contributed by atoms with Crippen LogP contribution >= 0.6 is 0 Å². The van der Waals surface area contributed by atoms with E-state index >= 15 is 0 Å². The van der Waals surface area contributed by atoms with Crippen LogP contribution in [0, 0.1) is 0 Å². The minimum absolute atomic E-state index is 0.107. The summed E-state index contributed by atoms with van der Waals surface area (Å²) in [7, 11) is 0. The molecule has 23 heavy (non-hydrogen) atoms. The largest absolute Gasteiger partial charge is 0.492 e. The molecule has 1 aliphatic heterocycles. The first-order valence-electron chi connectivity index (χ1n) is 7.68. The molecular weight excluding hydrogens is 290 g/mol. The van der Waals surface area contributed by atoms with Gasteiger partial charge in [0.05, 0.1) is 6.04 Å². The maximum absolute atomic E-state index is 11.6. The molecule has 0 radical (unpaired) electrons. The number of ether oxygens (including phenoxy) is 2. The average Bonchev–Trinajstić information content (AvgIpc) is 2.93. The van der Waals surface area contributed by atoms with Crippen molar-refractivity contribution in [2.45, 2.75) is 12.5 Å². The van der Waals surface area contributed by atoms with Crippen LogP contribution in [0.4, 0.5) is 0 Å². The van der Waals surface area contributed by atoms with Crippen LogP contribution in [0.3, 0.4) is 0 Å². The molecule has 0 fully saturated rings. The van der Waals surface area contributed by atoms with E-state index in [0.717, 1.165) is 17.7 Å². The smallest absolute Gasteiger partial charge is 0.248 e. The molecule has 1 aliphatic rings. The van der Waals surface area contributed by atoms with E-state index < -0.39 is 0 Å². The second kappa shape index (κ2) is 7.49. The number of rotatable bonds is 7. The first kappa shape index (κ1) is 15.2. The summed E-state index contributed by atoms with van der Waals surface area (Å²) >= 11 is 0. The van der Waals surface area contributed by atoms with Crippen LogP contribution in [0.25, 0.3) is 0 Å². The number of hydrogen-bond donors (Lipinski definition) is 1. The molecule has 0 spiro atoms. The molecule has 0 saturated carbocycles.